The maximum Gasteiger partial charge on any atom is 0.391 e. The highest BCUT2D eigenvalue weighted by Gasteiger charge is 2.40. The lowest BCUT2D eigenvalue weighted by Gasteiger charge is -2.33. The zero-order valence-electron chi connectivity index (χ0n) is 12.0. The Bertz CT molecular complexity index is 302. The van der Waals surface area contributed by atoms with E-state index >= 15 is 0 Å². The van der Waals surface area contributed by atoms with Gasteiger partial charge in [-0.2, -0.15) is 13.2 Å². The fourth-order valence-electron chi connectivity index (χ4n) is 2.38. The highest BCUT2D eigenvalue weighted by atomic mass is 19.4. The van der Waals surface area contributed by atoms with Gasteiger partial charge in [-0.15, -0.1) is 0 Å². The lowest BCUT2D eigenvalue weighted by molar-refractivity contribution is -0.185. The third-order valence-electron chi connectivity index (χ3n) is 3.82. The van der Waals surface area contributed by atoms with Crippen molar-refractivity contribution in [2.45, 2.75) is 31.9 Å². The lowest BCUT2D eigenvalue weighted by Crippen LogP contribution is -2.40. The van der Waals surface area contributed by atoms with Gasteiger partial charge in [0.1, 0.15) is 0 Å². The van der Waals surface area contributed by atoms with Gasteiger partial charge in [-0.1, -0.05) is 0 Å². The fourth-order valence-corrected chi connectivity index (χ4v) is 2.38. The molecule has 0 unspecified atom stereocenters. The number of piperidine rings is 1. The number of nitrogens with zero attached hydrogens (tertiary/aromatic N) is 2. The molecule has 1 fully saturated rings. The fraction of sp³-hybridized carbons (Fsp3) is 0.923. The van der Waals surface area contributed by atoms with Crippen LogP contribution in [0.5, 0.6) is 0 Å². The van der Waals surface area contributed by atoms with Gasteiger partial charge in [-0.25, -0.2) is 0 Å². The van der Waals surface area contributed by atoms with Crippen LogP contribution in [-0.4, -0.2) is 61.7 Å². The molecule has 118 valence electrons. The van der Waals surface area contributed by atoms with Crippen molar-refractivity contribution in [3.8, 4) is 0 Å². The Morgan fingerprint density at radius 1 is 1.35 bits per heavy atom. The number of alkyl halides is 3. The van der Waals surface area contributed by atoms with Crippen molar-refractivity contribution in [1.29, 1.82) is 0 Å². The minimum atomic E-state index is -4.08. The van der Waals surface area contributed by atoms with Crippen molar-refractivity contribution in [2.24, 2.45) is 11.7 Å². The molecule has 0 radical (unpaired) electrons. The summed E-state index contributed by atoms with van der Waals surface area (Å²) < 4.78 is 37.6. The monoisotopic (exact) mass is 295 g/mol. The molecular formula is C13H24F3N3O. The molecule has 0 atom stereocenters. The Balaban J connectivity index is 2.22. The second-order valence-electron chi connectivity index (χ2n) is 5.37. The number of hydrogen-bond donors (Lipinski definition) is 1. The van der Waals surface area contributed by atoms with E-state index in [4.69, 9.17) is 5.73 Å². The molecule has 4 nitrogen and oxygen atoms in total. The Labute approximate surface area is 118 Å². The van der Waals surface area contributed by atoms with E-state index in [9.17, 15) is 18.0 Å². The number of hydrogen-bond acceptors (Lipinski definition) is 3. The maximum atomic E-state index is 12.5. The molecule has 0 aromatic rings. The number of amides is 1. The summed E-state index contributed by atoms with van der Waals surface area (Å²) in [5, 5.41) is 0. The second kappa shape index (κ2) is 7.83. The average molecular weight is 295 g/mol. The van der Waals surface area contributed by atoms with Crippen molar-refractivity contribution in [3.63, 3.8) is 0 Å². The van der Waals surface area contributed by atoms with Crippen LogP contribution in [-0.2, 0) is 4.79 Å². The van der Waals surface area contributed by atoms with Crippen LogP contribution in [0.15, 0.2) is 0 Å². The number of carbonyl (C=O) groups excluding carboxylic acids is 1. The number of halogens is 3. The highest BCUT2D eigenvalue weighted by Crippen LogP contribution is 2.33. The molecule has 1 aliphatic heterocycles. The molecule has 1 amide bonds. The molecule has 1 aliphatic rings. The molecule has 0 aromatic carbocycles. The largest absolute Gasteiger partial charge is 0.391 e. The molecule has 0 aliphatic carbocycles. The van der Waals surface area contributed by atoms with E-state index in [-0.39, 0.29) is 18.7 Å². The van der Waals surface area contributed by atoms with Gasteiger partial charge in [0.2, 0.25) is 5.91 Å². The average Bonchev–Trinajstić information content (AvgIpc) is 2.41. The number of rotatable bonds is 6. The molecular weight excluding hydrogens is 271 g/mol. The van der Waals surface area contributed by atoms with Crippen LogP contribution in [0, 0.1) is 5.92 Å². The van der Waals surface area contributed by atoms with Crippen LogP contribution in [0.25, 0.3) is 0 Å². The van der Waals surface area contributed by atoms with Gasteiger partial charge in [0, 0.05) is 26.6 Å². The maximum absolute atomic E-state index is 12.5. The molecule has 20 heavy (non-hydrogen) atoms. The molecule has 0 spiro atoms. The topological polar surface area (TPSA) is 49.6 Å². The van der Waals surface area contributed by atoms with E-state index in [1.54, 1.807) is 11.9 Å². The van der Waals surface area contributed by atoms with E-state index in [2.05, 4.69) is 0 Å². The molecule has 2 N–H and O–H groups in total. The van der Waals surface area contributed by atoms with Gasteiger partial charge in [0.15, 0.2) is 0 Å². The van der Waals surface area contributed by atoms with E-state index < -0.39 is 12.1 Å². The van der Waals surface area contributed by atoms with Crippen LogP contribution in [0.1, 0.15) is 25.7 Å². The summed E-state index contributed by atoms with van der Waals surface area (Å²) in [6.45, 7) is 2.55. The highest BCUT2D eigenvalue weighted by molar-refractivity contribution is 5.76. The smallest absolute Gasteiger partial charge is 0.346 e. The third-order valence-corrected chi connectivity index (χ3v) is 3.82. The van der Waals surface area contributed by atoms with Crippen LogP contribution in [0.2, 0.25) is 0 Å². The van der Waals surface area contributed by atoms with E-state index in [0.717, 1.165) is 6.42 Å². The van der Waals surface area contributed by atoms with Gasteiger partial charge >= 0.3 is 6.18 Å². The molecule has 1 heterocycles. The normalized spacial score (nSPS) is 18.2. The van der Waals surface area contributed by atoms with E-state index in [0.29, 0.717) is 39.1 Å². The quantitative estimate of drug-likeness (QED) is 0.807. The molecule has 0 bridgehead atoms. The van der Waals surface area contributed by atoms with Crippen LogP contribution in [0.3, 0.4) is 0 Å². The van der Waals surface area contributed by atoms with Crippen molar-refractivity contribution < 1.29 is 18.0 Å². The van der Waals surface area contributed by atoms with Gasteiger partial charge in [0.25, 0.3) is 0 Å². The predicted molar refractivity (Wildman–Crippen MR) is 71.1 cm³/mol. The molecule has 0 aromatic heterocycles. The Morgan fingerprint density at radius 2 is 1.95 bits per heavy atom. The molecule has 1 rings (SSSR count). The number of likely N-dealkylation sites (tertiary alicyclic amines) is 1. The SMILES string of the molecule is CN(CCCN)C(=O)CCN1CCC(C(F)(F)F)CC1. The summed E-state index contributed by atoms with van der Waals surface area (Å²) in [6.07, 6.45) is -2.68. The predicted octanol–water partition coefficient (Wildman–Crippen LogP) is 1.46. The molecule has 7 heteroatoms. The van der Waals surface area contributed by atoms with Crippen LogP contribution >= 0.6 is 0 Å². The Hall–Kier alpha value is -0.820. The van der Waals surface area contributed by atoms with Gasteiger partial charge in [0.05, 0.1) is 5.92 Å². The summed E-state index contributed by atoms with van der Waals surface area (Å²) in [7, 11) is 1.73. The first-order valence-corrected chi connectivity index (χ1v) is 7.07. The summed E-state index contributed by atoms with van der Waals surface area (Å²) in [6, 6.07) is 0. The first kappa shape index (κ1) is 17.2. The van der Waals surface area contributed by atoms with Crippen molar-refractivity contribution >= 4 is 5.91 Å². The Kier molecular flexibility index (Phi) is 6.75. The Morgan fingerprint density at radius 3 is 2.45 bits per heavy atom. The summed E-state index contributed by atoms with van der Waals surface area (Å²) in [5.41, 5.74) is 5.38. The minimum Gasteiger partial charge on any atom is -0.346 e. The van der Waals surface area contributed by atoms with Gasteiger partial charge in [-0.05, 0) is 38.9 Å². The molecule has 0 saturated carbocycles. The van der Waals surface area contributed by atoms with E-state index in [1.165, 1.54) is 0 Å². The van der Waals surface area contributed by atoms with Gasteiger partial charge < -0.3 is 15.5 Å². The zero-order chi connectivity index (χ0) is 15.2. The summed E-state index contributed by atoms with van der Waals surface area (Å²) in [5.74, 6) is -1.15. The second-order valence-corrected chi connectivity index (χ2v) is 5.37. The van der Waals surface area contributed by atoms with Crippen LogP contribution in [0.4, 0.5) is 13.2 Å². The molecule has 1 saturated heterocycles. The van der Waals surface area contributed by atoms with Crippen molar-refractivity contribution in [3.05, 3.63) is 0 Å². The summed E-state index contributed by atoms with van der Waals surface area (Å²) >= 11 is 0. The van der Waals surface area contributed by atoms with Crippen LogP contribution < -0.4 is 5.73 Å². The lowest BCUT2D eigenvalue weighted by atomic mass is 9.96. The standard InChI is InChI=1S/C13H24F3N3O/c1-18(7-2-6-17)12(20)5-10-19-8-3-11(4-9-19)13(14,15)16/h11H,2-10,17H2,1H3. The zero-order valence-corrected chi connectivity index (χ0v) is 12.0. The van der Waals surface area contributed by atoms with E-state index in [1.807, 2.05) is 4.90 Å². The van der Waals surface area contributed by atoms with Crippen molar-refractivity contribution in [1.82, 2.24) is 9.80 Å². The third kappa shape index (κ3) is 5.66. The number of carbonyl (C=O) groups is 1. The summed E-state index contributed by atoms with van der Waals surface area (Å²) in [4.78, 5) is 15.4. The first-order valence-electron chi connectivity index (χ1n) is 7.07. The number of nitrogens with two attached hydrogens (primary N) is 1. The first-order chi connectivity index (χ1) is 9.34. The van der Waals surface area contributed by atoms with Gasteiger partial charge in [-0.3, -0.25) is 4.79 Å². The van der Waals surface area contributed by atoms with Crippen molar-refractivity contribution in [2.75, 3.05) is 39.8 Å². The minimum absolute atomic E-state index is 0.0244.